The van der Waals surface area contributed by atoms with Gasteiger partial charge in [0.05, 0.1) is 13.2 Å². The Morgan fingerprint density at radius 2 is 2.26 bits per heavy atom. The number of rotatable bonds is 7. The number of nitrogens with zero attached hydrogens (tertiary/aromatic N) is 3. The lowest BCUT2D eigenvalue weighted by atomic mass is 10.2. The van der Waals surface area contributed by atoms with Crippen LogP contribution in [0.1, 0.15) is 24.7 Å². The molecule has 2 aromatic rings. The van der Waals surface area contributed by atoms with Gasteiger partial charge in [-0.15, -0.1) is 0 Å². The summed E-state index contributed by atoms with van der Waals surface area (Å²) >= 11 is 0. The van der Waals surface area contributed by atoms with E-state index in [2.05, 4.69) is 28.4 Å². The number of anilines is 1. The zero-order valence-corrected chi connectivity index (χ0v) is 11.5. The number of benzene rings is 1. The summed E-state index contributed by atoms with van der Waals surface area (Å²) in [5.41, 5.74) is 2.23. The summed E-state index contributed by atoms with van der Waals surface area (Å²) in [6, 6.07) is 8.20. The molecular formula is C14H20N4O. The minimum Gasteiger partial charge on any atom is -0.380 e. The molecule has 0 radical (unpaired) electrons. The molecule has 1 N–H and O–H groups in total. The zero-order chi connectivity index (χ0) is 13.5. The van der Waals surface area contributed by atoms with Crippen molar-refractivity contribution in [1.29, 1.82) is 0 Å². The van der Waals surface area contributed by atoms with Crippen molar-refractivity contribution in [3.63, 3.8) is 0 Å². The fourth-order valence-corrected chi connectivity index (χ4v) is 1.94. The molecule has 0 bridgehead atoms. The normalized spacial score (nSPS) is 10.6. The SMILES string of the molecule is CCCn1ncnc1CNc1cccc(COC)c1. The second kappa shape index (κ2) is 6.89. The van der Waals surface area contributed by atoms with Crippen LogP contribution in [-0.4, -0.2) is 21.9 Å². The molecule has 0 saturated heterocycles. The maximum absolute atomic E-state index is 5.13. The summed E-state index contributed by atoms with van der Waals surface area (Å²) in [5, 5.41) is 7.58. The molecule has 5 heteroatoms. The van der Waals surface area contributed by atoms with Gasteiger partial charge in [0.2, 0.25) is 0 Å². The van der Waals surface area contributed by atoms with Crippen molar-refractivity contribution in [2.75, 3.05) is 12.4 Å². The van der Waals surface area contributed by atoms with Gasteiger partial charge in [0, 0.05) is 19.3 Å². The van der Waals surface area contributed by atoms with Crippen molar-refractivity contribution in [2.45, 2.75) is 33.0 Å². The molecule has 0 spiro atoms. The van der Waals surface area contributed by atoms with E-state index in [0.29, 0.717) is 13.2 Å². The van der Waals surface area contributed by atoms with E-state index in [1.54, 1.807) is 13.4 Å². The highest BCUT2D eigenvalue weighted by Crippen LogP contribution is 2.12. The maximum atomic E-state index is 5.13. The highest BCUT2D eigenvalue weighted by molar-refractivity contribution is 5.45. The van der Waals surface area contributed by atoms with Gasteiger partial charge in [-0.2, -0.15) is 5.10 Å². The monoisotopic (exact) mass is 260 g/mol. The standard InChI is InChI=1S/C14H20N4O/c1-3-7-18-14(16-11-17-18)9-15-13-6-4-5-12(8-13)10-19-2/h4-6,8,11,15H,3,7,9-10H2,1-2H3. The first kappa shape index (κ1) is 13.5. The van der Waals surface area contributed by atoms with Crippen LogP contribution in [0.4, 0.5) is 5.69 Å². The number of hydrogen-bond acceptors (Lipinski definition) is 4. The van der Waals surface area contributed by atoms with Crippen LogP contribution in [-0.2, 0) is 24.4 Å². The lowest BCUT2D eigenvalue weighted by Gasteiger charge is -2.09. The van der Waals surface area contributed by atoms with Gasteiger partial charge in [-0.1, -0.05) is 19.1 Å². The van der Waals surface area contributed by atoms with Crippen LogP contribution in [0.25, 0.3) is 0 Å². The van der Waals surface area contributed by atoms with Crippen LogP contribution in [0.5, 0.6) is 0 Å². The Morgan fingerprint density at radius 3 is 3.05 bits per heavy atom. The lowest BCUT2D eigenvalue weighted by Crippen LogP contribution is -2.10. The molecule has 0 saturated carbocycles. The van der Waals surface area contributed by atoms with Gasteiger partial charge in [-0.25, -0.2) is 9.67 Å². The second-order valence-corrected chi connectivity index (χ2v) is 4.39. The van der Waals surface area contributed by atoms with Crippen molar-refractivity contribution >= 4 is 5.69 Å². The van der Waals surface area contributed by atoms with E-state index in [1.165, 1.54) is 0 Å². The first-order chi connectivity index (χ1) is 9.33. The van der Waals surface area contributed by atoms with Crippen LogP contribution < -0.4 is 5.32 Å². The second-order valence-electron chi connectivity index (χ2n) is 4.39. The first-order valence-electron chi connectivity index (χ1n) is 6.52. The third kappa shape index (κ3) is 3.79. The number of aryl methyl sites for hydroxylation is 1. The summed E-state index contributed by atoms with van der Waals surface area (Å²) in [4.78, 5) is 4.27. The van der Waals surface area contributed by atoms with E-state index in [1.807, 2.05) is 22.9 Å². The Morgan fingerprint density at radius 1 is 1.37 bits per heavy atom. The molecule has 1 aromatic heterocycles. The van der Waals surface area contributed by atoms with Gasteiger partial charge in [0.1, 0.15) is 12.2 Å². The van der Waals surface area contributed by atoms with Gasteiger partial charge in [0.15, 0.2) is 0 Å². The van der Waals surface area contributed by atoms with Crippen molar-refractivity contribution < 1.29 is 4.74 Å². The number of ether oxygens (including phenoxy) is 1. The zero-order valence-electron chi connectivity index (χ0n) is 11.5. The van der Waals surface area contributed by atoms with E-state index in [0.717, 1.165) is 30.0 Å². The molecule has 0 atom stereocenters. The van der Waals surface area contributed by atoms with Gasteiger partial charge >= 0.3 is 0 Å². The first-order valence-corrected chi connectivity index (χ1v) is 6.52. The molecule has 5 nitrogen and oxygen atoms in total. The van der Waals surface area contributed by atoms with Gasteiger partial charge in [0.25, 0.3) is 0 Å². The molecule has 0 amide bonds. The average Bonchev–Trinajstić information content (AvgIpc) is 2.85. The van der Waals surface area contributed by atoms with Gasteiger partial charge in [-0.3, -0.25) is 0 Å². The number of aromatic nitrogens is 3. The van der Waals surface area contributed by atoms with Crippen molar-refractivity contribution in [2.24, 2.45) is 0 Å². The summed E-state index contributed by atoms with van der Waals surface area (Å²) < 4.78 is 7.07. The van der Waals surface area contributed by atoms with Crippen molar-refractivity contribution in [3.05, 3.63) is 42.0 Å². The van der Waals surface area contributed by atoms with E-state index in [9.17, 15) is 0 Å². The Balaban J connectivity index is 1.97. The molecule has 0 aliphatic heterocycles. The van der Waals surface area contributed by atoms with E-state index in [-0.39, 0.29) is 0 Å². The third-order valence-electron chi connectivity index (χ3n) is 2.82. The Hall–Kier alpha value is -1.88. The topological polar surface area (TPSA) is 52.0 Å². The van der Waals surface area contributed by atoms with Crippen LogP contribution in [0.15, 0.2) is 30.6 Å². The van der Waals surface area contributed by atoms with Crippen LogP contribution >= 0.6 is 0 Å². The molecule has 1 heterocycles. The Bertz CT molecular complexity index is 510. The van der Waals surface area contributed by atoms with Crippen molar-refractivity contribution in [3.8, 4) is 0 Å². The smallest absolute Gasteiger partial charge is 0.146 e. The molecule has 0 aliphatic carbocycles. The van der Waals surface area contributed by atoms with Gasteiger partial charge in [-0.05, 0) is 24.1 Å². The minimum absolute atomic E-state index is 0.627. The molecular weight excluding hydrogens is 240 g/mol. The summed E-state index contributed by atoms with van der Waals surface area (Å²) in [6.45, 7) is 4.34. The highest BCUT2D eigenvalue weighted by Gasteiger charge is 2.03. The Kier molecular flexibility index (Phi) is 4.92. The van der Waals surface area contributed by atoms with E-state index >= 15 is 0 Å². The Labute approximate surface area is 113 Å². The molecule has 0 unspecified atom stereocenters. The lowest BCUT2D eigenvalue weighted by molar-refractivity contribution is 0.185. The molecule has 102 valence electrons. The van der Waals surface area contributed by atoms with Gasteiger partial charge < -0.3 is 10.1 Å². The maximum Gasteiger partial charge on any atom is 0.146 e. The summed E-state index contributed by atoms with van der Waals surface area (Å²) in [7, 11) is 1.70. The fraction of sp³-hybridized carbons (Fsp3) is 0.429. The van der Waals surface area contributed by atoms with Crippen LogP contribution in [0.3, 0.4) is 0 Å². The summed E-state index contributed by atoms with van der Waals surface area (Å²) in [6.07, 6.45) is 2.66. The van der Waals surface area contributed by atoms with Crippen LogP contribution in [0.2, 0.25) is 0 Å². The number of hydrogen-bond donors (Lipinski definition) is 1. The third-order valence-corrected chi connectivity index (χ3v) is 2.82. The molecule has 19 heavy (non-hydrogen) atoms. The van der Waals surface area contributed by atoms with E-state index < -0.39 is 0 Å². The van der Waals surface area contributed by atoms with Crippen LogP contribution in [0, 0.1) is 0 Å². The number of methoxy groups -OCH3 is 1. The molecule has 0 fully saturated rings. The minimum atomic E-state index is 0.627. The largest absolute Gasteiger partial charge is 0.380 e. The number of nitrogens with one attached hydrogen (secondary N) is 1. The quantitative estimate of drug-likeness (QED) is 0.830. The van der Waals surface area contributed by atoms with E-state index in [4.69, 9.17) is 4.74 Å². The van der Waals surface area contributed by atoms with Crippen molar-refractivity contribution in [1.82, 2.24) is 14.8 Å². The molecule has 1 aromatic carbocycles. The highest BCUT2D eigenvalue weighted by atomic mass is 16.5. The molecule has 0 aliphatic rings. The predicted octanol–water partition coefficient (Wildman–Crippen LogP) is 2.45. The predicted molar refractivity (Wildman–Crippen MR) is 74.8 cm³/mol. The fourth-order valence-electron chi connectivity index (χ4n) is 1.94. The molecule has 2 rings (SSSR count). The average molecular weight is 260 g/mol. The summed E-state index contributed by atoms with van der Waals surface area (Å²) in [5.74, 6) is 0.957.